The summed E-state index contributed by atoms with van der Waals surface area (Å²) < 4.78 is 0. The molecule has 0 spiro atoms. The van der Waals surface area contributed by atoms with Crippen LogP contribution in [-0.4, -0.2) is 23.5 Å². The predicted molar refractivity (Wildman–Crippen MR) is 107 cm³/mol. The van der Waals surface area contributed by atoms with E-state index in [4.69, 9.17) is 0 Å². The molecule has 1 atom stereocenters. The average Bonchev–Trinajstić information content (AvgIpc) is 3.00. The molecule has 26 heavy (non-hydrogen) atoms. The lowest BCUT2D eigenvalue weighted by molar-refractivity contribution is -0.115. The molecule has 0 radical (unpaired) electrons. The zero-order valence-electron chi connectivity index (χ0n) is 15.1. The zero-order chi connectivity index (χ0) is 17.9. The summed E-state index contributed by atoms with van der Waals surface area (Å²) in [7, 11) is 0. The quantitative estimate of drug-likeness (QED) is 0.657. The van der Waals surface area contributed by atoms with Crippen LogP contribution in [0.15, 0.2) is 48.5 Å². The van der Waals surface area contributed by atoms with Gasteiger partial charge in [-0.15, -0.1) is 0 Å². The SMILES string of the molecule is CCNC1CCc2[nH]c3ccc(NC(=O)Cc4ccccc4)cc3c2C1. The minimum absolute atomic E-state index is 0.0190. The summed E-state index contributed by atoms with van der Waals surface area (Å²) in [5.41, 5.74) is 5.80. The first-order valence-electron chi connectivity index (χ1n) is 9.43. The van der Waals surface area contributed by atoms with Crippen LogP contribution in [0.5, 0.6) is 0 Å². The Labute approximate surface area is 154 Å². The van der Waals surface area contributed by atoms with Crippen molar-refractivity contribution >= 4 is 22.5 Å². The monoisotopic (exact) mass is 347 g/mol. The van der Waals surface area contributed by atoms with Gasteiger partial charge in [0.1, 0.15) is 0 Å². The fraction of sp³-hybridized carbons (Fsp3) is 0.318. The van der Waals surface area contributed by atoms with E-state index < -0.39 is 0 Å². The Hall–Kier alpha value is -2.59. The van der Waals surface area contributed by atoms with Crippen LogP contribution in [0.3, 0.4) is 0 Å². The van der Waals surface area contributed by atoms with Crippen LogP contribution in [-0.2, 0) is 24.1 Å². The van der Waals surface area contributed by atoms with Crippen LogP contribution < -0.4 is 10.6 Å². The van der Waals surface area contributed by atoms with Crippen LogP contribution in [0.2, 0.25) is 0 Å². The van der Waals surface area contributed by atoms with Crippen LogP contribution in [0.4, 0.5) is 5.69 Å². The van der Waals surface area contributed by atoms with Gasteiger partial charge in [0, 0.05) is 28.3 Å². The molecule has 0 saturated heterocycles. The number of carbonyl (C=O) groups is 1. The molecule has 1 aromatic heterocycles. The molecular weight excluding hydrogens is 322 g/mol. The van der Waals surface area contributed by atoms with Gasteiger partial charge in [-0.2, -0.15) is 0 Å². The van der Waals surface area contributed by atoms with Crippen molar-refractivity contribution in [2.75, 3.05) is 11.9 Å². The van der Waals surface area contributed by atoms with E-state index in [-0.39, 0.29) is 5.91 Å². The second-order valence-electron chi connectivity index (χ2n) is 7.05. The lowest BCUT2D eigenvalue weighted by Gasteiger charge is -2.23. The van der Waals surface area contributed by atoms with E-state index in [0.29, 0.717) is 12.5 Å². The number of carbonyl (C=O) groups excluding carboxylic acids is 1. The molecule has 1 amide bonds. The molecular formula is C22H25N3O. The van der Waals surface area contributed by atoms with E-state index in [1.807, 2.05) is 36.4 Å². The van der Waals surface area contributed by atoms with Crippen LogP contribution in [0.25, 0.3) is 10.9 Å². The number of fused-ring (bicyclic) bond motifs is 3. The van der Waals surface area contributed by atoms with E-state index >= 15 is 0 Å². The van der Waals surface area contributed by atoms with Crippen molar-refractivity contribution in [2.24, 2.45) is 0 Å². The highest BCUT2D eigenvalue weighted by Gasteiger charge is 2.22. The van der Waals surface area contributed by atoms with Gasteiger partial charge < -0.3 is 15.6 Å². The van der Waals surface area contributed by atoms with Crippen LogP contribution >= 0.6 is 0 Å². The van der Waals surface area contributed by atoms with E-state index in [1.54, 1.807) is 0 Å². The van der Waals surface area contributed by atoms with Crippen molar-refractivity contribution in [2.45, 2.75) is 38.6 Å². The Bertz CT molecular complexity index is 914. The molecule has 1 aliphatic carbocycles. The summed E-state index contributed by atoms with van der Waals surface area (Å²) in [4.78, 5) is 15.9. The number of aromatic amines is 1. The van der Waals surface area contributed by atoms with Gasteiger partial charge in [-0.05, 0) is 55.1 Å². The second kappa shape index (κ2) is 7.34. The molecule has 1 heterocycles. The number of rotatable bonds is 5. The summed E-state index contributed by atoms with van der Waals surface area (Å²) in [6.07, 6.45) is 3.70. The number of likely N-dealkylation sites (N-methyl/N-ethyl adjacent to an activating group) is 1. The van der Waals surface area contributed by atoms with Crippen molar-refractivity contribution in [1.82, 2.24) is 10.3 Å². The normalized spacial score (nSPS) is 16.4. The number of benzene rings is 2. The van der Waals surface area contributed by atoms with Crippen molar-refractivity contribution in [1.29, 1.82) is 0 Å². The van der Waals surface area contributed by atoms with Crippen molar-refractivity contribution in [3.8, 4) is 0 Å². The highest BCUT2D eigenvalue weighted by Crippen LogP contribution is 2.31. The molecule has 0 fully saturated rings. The number of hydrogen-bond donors (Lipinski definition) is 3. The fourth-order valence-electron chi connectivity index (χ4n) is 3.94. The summed E-state index contributed by atoms with van der Waals surface area (Å²) >= 11 is 0. The number of aryl methyl sites for hydroxylation is 1. The van der Waals surface area contributed by atoms with Crippen molar-refractivity contribution in [3.05, 3.63) is 65.4 Å². The molecule has 3 N–H and O–H groups in total. The first-order chi connectivity index (χ1) is 12.7. The van der Waals surface area contributed by atoms with E-state index in [1.165, 1.54) is 23.1 Å². The molecule has 3 aromatic rings. The Morgan fingerprint density at radius 1 is 1.19 bits per heavy atom. The lowest BCUT2D eigenvalue weighted by Crippen LogP contribution is -2.34. The van der Waals surface area contributed by atoms with Gasteiger partial charge in [-0.3, -0.25) is 4.79 Å². The maximum absolute atomic E-state index is 12.4. The molecule has 2 aromatic carbocycles. The van der Waals surface area contributed by atoms with Gasteiger partial charge >= 0.3 is 0 Å². The fourth-order valence-corrected chi connectivity index (χ4v) is 3.94. The molecule has 1 aliphatic rings. The first kappa shape index (κ1) is 16.9. The second-order valence-corrected chi connectivity index (χ2v) is 7.05. The number of amides is 1. The standard InChI is InChI=1S/C22H25N3O/c1-2-23-16-8-10-20-18(13-16)19-14-17(9-11-21(19)25-20)24-22(26)12-15-6-4-3-5-7-15/h3-7,9,11,14,16,23,25H,2,8,10,12-13H2,1H3,(H,24,26). The Balaban J connectivity index is 1.54. The maximum Gasteiger partial charge on any atom is 0.228 e. The molecule has 134 valence electrons. The summed E-state index contributed by atoms with van der Waals surface area (Å²) in [6, 6.07) is 16.6. The smallest absolute Gasteiger partial charge is 0.228 e. The predicted octanol–water partition coefficient (Wildman–Crippen LogP) is 3.82. The zero-order valence-corrected chi connectivity index (χ0v) is 15.1. The minimum Gasteiger partial charge on any atom is -0.358 e. The molecule has 4 heteroatoms. The van der Waals surface area contributed by atoms with Gasteiger partial charge in [0.2, 0.25) is 5.91 Å². The topological polar surface area (TPSA) is 56.9 Å². The Kier molecular flexibility index (Phi) is 4.76. The molecule has 0 saturated carbocycles. The third-order valence-electron chi connectivity index (χ3n) is 5.17. The largest absolute Gasteiger partial charge is 0.358 e. The van der Waals surface area contributed by atoms with Gasteiger partial charge in [0.25, 0.3) is 0 Å². The molecule has 0 bridgehead atoms. The summed E-state index contributed by atoms with van der Waals surface area (Å²) in [5.74, 6) is 0.0190. The molecule has 0 aliphatic heterocycles. The Morgan fingerprint density at radius 3 is 2.85 bits per heavy atom. The summed E-state index contributed by atoms with van der Waals surface area (Å²) in [5, 5.41) is 7.85. The minimum atomic E-state index is 0.0190. The van der Waals surface area contributed by atoms with Crippen LogP contribution in [0.1, 0.15) is 30.2 Å². The molecule has 1 unspecified atom stereocenters. The molecule has 4 rings (SSSR count). The van der Waals surface area contributed by atoms with E-state index in [2.05, 4.69) is 34.7 Å². The van der Waals surface area contributed by atoms with Crippen LogP contribution in [0, 0.1) is 0 Å². The highest BCUT2D eigenvalue weighted by molar-refractivity contribution is 5.96. The lowest BCUT2D eigenvalue weighted by atomic mass is 9.91. The highest BCUT2D eigenvalue weighted by atomic mass is 16.1. The number of hydrogen-bond acceptors (Lipinski definition) is 2. The van der Waals surface area contributed by atoms with E-state index in [9.17, 15) is 4.79 Å². The Morgan fingerprint density at radius 2 is 2.04 bits per heavy atom. The van der Waals surface area contributed by atoms with Gasteiger partial charge in [0.15, 0.2) is 0 Å². The number of nitrogens with one attached hydrogen (secondary N) is 3. The van der Waals surface area contributed by atoms with E-state index in [0.717, 1.165) is 36.2 Å². The third-order valence-corrected chi connectivity index (χ3v) is 5.17. The van der Waals surface area contributed by atoms with Gasteiger partial charge in [0.05, 0.1) is 6.42 Å². The van der Waals surface area contributed by atoms with Crippen molar-refractivity contribution < 1.29 is 4.79 Å². The number of aromatic nitrogens is 1. The number of anilines is 1. The summed E-state index contributed by atoms with van der Waals surface area (Å²) in [6.45, 7) is 3.16. The van der Waals surface area contributed by atoms with Gasteiger partial charge in [-0.25, -0.2) is 0 Å². The third kappa shape index (κ3) is 3.51. The maximum atomic E-state index is 12.4. The van der Waals surface area contributed by atoms with Crippen molar-refractivity contribution in [3.63, 3.8) is 0 Å². The van der Waals surface area contributed by atoms with Gasteiger partial charge in [-0.1, -0.05) is 37.3 Å². The first-order valence-corrected chi connectivity index (χ1v) is 9.43. The number of H-pyrrole nitrogens is 1. The average molecular weight is 347 g/mol. The molecule has 4 nitrogen and oxygen atoms in total.